The summed E-state index contributed by atoms with van der Waals surface area (Å²) in [6.07, 6.45) is 1.43. The summed E-state index contributed by atoms with van der Waals surface area (Å²) in [5.74, 6) is 0.559. The van der Waals surface area contributed by atoms with Gasteiger partial charge in [0.25, 0.3) is 0 Å². The van der Waals surface area contributed by atoms with Crippen molar-refractivity contribution in [3.05, 3.63) is 17.6 Å². The molecule has 5 nitrogen and oxygen atoms in total. The van der Waals surface area contributed by atoms with Crippen LogP contribution >= 0.6 is 0 Å². The average Bonchev–Trinajstić information content (AvgIpc) is 2.13. The van der Waals surface area contributed by atoms with E-state index in [0.29, 0.717) is 12.4 Å². The van der Waals surface area contributed by atoms with Crippen LogP contribution in [0.1, 0.15) is 18.2 Å². The molecule has 5 heteroatoms. The molecule has 0 fully saturated rings. The van der Waals surface area contributed by atoms with E-state index in [9.17, 15) is 4.79 Å². The van der Waals surface area contributed by atoms with E-state index in [0.717, 1.165) is 11.3 Å². The van der Waals surface area contributed by atoms with Crippen molar-refractivity contribution < 1.29 is 4.79 Å². The van der Waals surface area contributed by atoms with Crippen LogP contribution in [-0.4, -0.2) is 22.5 Å². The van der Waals surface area contributed by atoms with Gasteiger partial charge in [0.15, 0.2) is 0 Å². The number of hydrogen-bond donors (Lipinski definition) is 2. The fourth-order valence-corrected chi connectivity index (χ4v) is 0.977. The van der Waals surface area contributed by atoms with E-state index in [1.54, 1.807) is 0 Å². The fraction of sp³-hybridized carbons (Fsp3) is 0.444. The molecule has 0 aliphatic heterocycles. The Morgan fingerprint density at radius 2 is 2.14 bits per heavy atom. The summed E-state index contributed by atoms with van der Waals surface area (Å²) in [6.45, 7) is 6.20. The second kappa shape index (κ2) is 4.55. The molecule has 76 valence electrons. The van der Waals surface area contributed by atoms with Crippen molar-refractivity contribution in [3.63, 3.8) is 0 Å². The molecule has 0 saturated heterocycles. The van der Waals surface area contributed by atoms with Gasteiger partial charge in [0.1, 0.15) is 12.1 Å². The number of nitrogens with one attached hydrogen (secondary N) is 2. The van der Waals surface area contributed by atoms with Gasteiger partial charge in [-0.3, -0.25) is 5.32 Å². The Morgan fingerprint density at radius 3 is 2.79 bits per heavy atom. The molecule has 14 heavy (non-hydrogen) atoms. The Kier molecular flexibility index (Phi) is 3.39. The van der Waals surface area contributed by atoms with Crippen LogP contribution in [0.2, 0.25) is 0 Å². The van der Waals surface area contributed by atoms with Gasteiger partial charge in [-0.15, -0.1) is 0 Å². The van der Waals surface area contributed by atoms with Crippen molar-refractivity contribution >= 4 is 11.8 Å². The predicted molar refractivity (Wildman–Crippen MR) is 54.2 cm³/mol. The Hall–Kier alpha value is -1.65. The first-order valence-corrected chi connectivity index (χ1v) is 4.48. The second-order valence-electron chi connectivity index (χ2n) is 2.92. The maximum Gasteiger partial charge on any atom is 0.320 e. The summed E-state index contributed by atoms with van der Waals surface area (Å²) in [5.41, 5.74) is 1.76. The number of urea groups is 1. The highest BCUT2D eigenvalue weighted by atomic mass is 16.2. The highest BCUT2D eigenvalue weighted by Crippen LogP contribution is 2.11. The standard InChI is InChI=1S/C9H14N4O/c1-4-10-9(14)13-8-6(2)7(3)11-5-12-8/h5H,4H2,1-3H3,(H2,10,11,12,13,14). The number of rotatable bonds is 2. The Balaban J connectivity index is 2.76. The van der Waals surface area contributed by atoms with E-state index >= 15 is 0 Å². The molecule has 0 atom stereocenters. The van der Waals surface area contributed by atoms with Crippen LogP contribution < -0.4 is 10.6 Å². The van der Waals surface area contributed by atoms with Crippen LogP contribution in [0.15, 0.2) is 6.33 Å². The molecular weight excluding hydrogens is 180 g/mol. The van der Waals surface area contributed by atoms with Gasteiger partial charge in [0, 0.05) is 17.8 Å². The molecule has 0 aliphatic rings. The number of carbonyl (C=O) groups is 1. The minimum absolute atomic E-state index is 0.242. The third-order valence-corrected chi connectivity index (χ3v) is 1.91. The van der Waals surface area contributed by atoms with Crippen molar-refractivity contribution in [3.8, 4) is 0 Å². The SMILES string of the molecule is CCNC(=O)Nc1ncnc(C)c1C. The Bertz CT molecular complexity index is 338. The van der Waals surface area contributed by atoms with Gasteiger partial charge in [-0.25, -0.2) is 14.8 Å². The van der Waals surface area contributed by atoms with E-state index in [-0.39, 0.29) is 6.03 Å². The summed E-state index contributed by atoms with van der Waals surface area (Å²) in [5, 5.41) is 5.28. The topological polar surface area (TPSA) is 66.9 Å². The summed E-state index contributed by atoms with van der Waals surface area (Å²) >= 11 is 0. The van der Waals surface area contributed by atoms with Crippen LogP contribution in [0.5, 0.6) is 0 Å². The number of carbonyl (C=O) groups excluding carboxylic acids is 1. The molecule has 2 N–H and O–H groups in total. The smallest absolute Gasteiger partial charge is 0.320 e. The van der Waals surface area contributed by atoms with E-state index < -0.39 is 0 Å². The first kappa shape index (κ1) is 10.4. The lowest BCUT2D eigenvalue weighted by Crippen LogP contribution is -2.29. The summed E-state index contributed by atoms with van der Waals surface area (Å²) in [4.78, 5) is 19.2. The lowest BCUT2D eigenvalue weighted by atomic mass is 10.2. The number of aryl methyl sites for hydroxylation is 1. The molecule has 0 bridgehead atoms. The van der Waals surface area contributed by atoms with Crippen LogP contribution in [-0.2, 0) is 0 Å². The van der Waals surface area contributed by atoms with Crippen LogP contribution in [0.4, 0.5) is 10.6 Å². The minimum atomic E-state index is -0.242. The van der Waals surface area contributed by atoms with E-state index in [2.05, 4.69) is 20.6 Å². The Morgan fingerprint density at radius 1 is 1.43 bits per heavy atom. The van der Waals surface area contributed by atoms with Gasteiger partial charge >= 0.3 is 6.03 Å². The number of amides is 2. The van der Waals surface area contributed by atoms with E-state index in [1.165, 1.54) is 6.33 Å². The minimum Gasteiger partial charge on any atom is -0.338 e. The molecule has 0 unspecified atom stereocenters. The number of nitrogens with zero attached hydrogens (tertiary/aromatic N) is 2. The first-order valence-electron chi connectivity index (χ1n) is 4.48. The van der Waals surface area contributed by atoms with Crippen molar-refractivity contribution in [1.82, 2.24) is 15.3 Å². The highest BCUT2D eigenvalue weighted by molar-refractivity contribution is 5.88. The molecule has 1 heterocycles. The van der Waals surface area contributed by atoms with Crippen molar-refractivity contribution in [1.29, 1.82) is 0 Å². The monoisotopic (exact) mass is 194 g/mol. The predicted octanol–water partition coefficient (Wildman–Crippen LogP) is 1.23. The molecule has 0 radical (unpaired) electrons. The summed E-state index contributed by atoms with van der Waals surface area (Å²) < 4.78 is 0. The summed E-state index contributed by atoms with van der Waals surface area (Å²) in [7, 11) is 0. The van der Waals surface area contributed by atoms with E-state index in [4.69, 9.17) is 0 Å². The molecule has 2 amide bonds. The number of hydrogen-bond acceptors (Lipinski definition) is 3. The second-order valence-corrected chi connectivity index (χ2v) is 2.92. The summed E-state index contributed by atoms with van der Waals surface area (Å²) in [6, 6.07) is -0.242. The molecule has 0 saturated carbocycles. The highest BCUT2D eigenvalue weighted by Gasteiger charge is 2.06. The van der Waals surface area contributed by atoms with Gasteiger partial charge in [-0.2, -0.15) is 0 Å². The molecule has 1 rings (SSSR count). The van der Waals surface area contributed by atoms with Crippen LogP contribution in [0.3, 0.4) is 0 Å². The maximum absolute atomic E-state index is 11.2. The van der Waals surface area contributed by atoms with Crippen molar-refractivity contribution in [2.75, 3.05) is 11.9 Å². The molecular formula is C9H14N4O. The zero-order valence-corrected chi connectivity index (χ0v) is 8.59. The zero-order chi connectivity index (χ0) is 10.6. The Labute approximate surface area is 83.0 Å². The number of aromatic nitrogens is 2. The van der Waals surface area contributed by atoms with Gasteiger partial charge in [-0.1, -0.05) is 0 Å². The third-order valence-electron chi connectivity index (χ3n) is 1.91. The van der Waals surface area contributed by atoms with Crippen LogP contribution in [0, 0.1) is 13.8 Å². The molecule has 0 aliphatic carbocycles. The van der Waals surface area contributed by atoms with Gasteiger partial charge < -0.3 is 5.32 Å². The average molecular weight is 194 g/mol. The van der Waals surface area contributed by atoms with Gasteiger partial charge in [0.2, 0.25) is 0 Å². The lowest BCUT2D eigenvalue weighted by molar-refractivity contribution is 0.252. The van der Waals surface area contributed by atoms with E-state index in [1.807, 2.05) is 20.8 Å². The molecule has 1 aromatic heterocycles. The van der Waals surface area contributed by atoms with Gasteiger partial charge in [0.05, 0.1) is 0 Å². The largest absolute Gasteiger partial charge is 0.338 e. The zero-order valence-electron chi connectivity index (χ0n) is 8.59. The van der Waals surface area contributed by atoms with Gasteiger partial charge in [-0.05, 0) is 20.8 Å². The fourth-order valence-electron chi connectivity index (χ4n) is 0.977. The first-order chi connectivity index (χ1) is 6.65. The normalized spacial score (nSPS) is 9.64. The maximum atomic E-state index is 11.2. The molecule has 1 aromatic rings. The molecule has 0 aromatic carbocycles. The van der Waals surface area contributed by atoms with Crippen LogP contribution in [0.25, 0.3) is 0 Å². The van der Waals surface area contributed by atoms with Crippen molar-refractivity contribution in [2.45, 2.75) is 20.8 Å². The lowest BCUT2D eigenvalue weighted by Gasteiger charge is -2.08. The quantitative estimate of drug-likeness (QED) is 0.744. The van der Waals surface area contributed by atoms with Crippen molar-refractivity contribution in [2.24, 2.45) is 0 Å². The molecule has 0 spiro atoms. The third kappa shape index (κ3) is 2.42. The number of anilines is 1.